The molecule has 0 aromatic heterocycles. The Balaban J connectivity index is 3.91. The molecule has 0 saturated heterocycles. The molecule has 0 fully saturated rings. The van der Waals surface area contributed by atoms with Crippen LogP contribution in [0.4, 0.5) is 9.59 Å². The van der Waals surface area contributed by atoms with Crippen molar-refractivity contribution < 1.29 is 28.6 Å². The molecule has 0 aromatic carbocycles. The van der Waals surface area contributed by atoms with Crippen LogP contribution >= 0.6 is 0 Å². The van der Waals surface area contributed by atoms with E-state index in [0.29, 0.717) is 12.8 Å². The van der Waals surface area contributed by atoms with Gasteiger partial charge in [-0.2, -0.15) is 0 Å². The summed E-state index contributed by atoms with van der Waals surface area (Å²) < 4.78 is 14.3. The average molecular weight is 262 g/mol. The third-order valence-electron chi connectivity index (χ3n) is 1.85. The van der Waals surface area contributed by atoms with E-state index in [1.807, 2.05) is 0 Å². The highest BCUT2D eigenvalue weighted by Crippen LogP contribution is 1.99. The molecular weight excluding hydrogens is 244 g/mol. The Morgan fingerprint density at radius 2 is 1.56 bits per heavy atom. The van der Waals surface area contributed by atoms with Crippen LogP contribution in [0.1, 0.15) is 19.8 Å². The van der Waals surface area contributed by atoms with Crippen LogP contribution in [0.25, 0.3) is 0 Å². The number of carbonyl (C=O) groups is 3. The fourth-order valence-electron chi connectivity index (χ4n) is 1.07. The zero-order valence-corrected chi connectivity index (χ0v) is 10.2. The third-order valence-corrected chi connectivity index (χ3v) is 1.85. The van der Waals surface area contributed by atoms with Crippen molar-refractivity contribution >= 4 is 18.0 Å². The first kappa shape index (κ1) is 16.2. The van der Waals surface area contributed by atoms with Crippen LogP contribution in [0.15, 0.2) is 0 Å². The average Bonchev–Trinajstić information content (AvgIpc) is 2.25. The predicted molar refractivity (Wildman–Crippen MR) is 60.7 cm³/mol. The molecule has 0 rings (SSSR count). The number of amides is 2. The van der Waals surface area contributed by atoms with Gasteiger partial charge in [-0.15, -0.1) is 0 Å². The van der Waals surface area contributed by atoms with E-state index in [9.17, 15) is 14.4 Å². The first-order valence-electron chi connectivity index (χ1n) is 5.37. The second-order valence-electron chi connectivity index (χ2n) is 3.56. The largest absolute Gasteiger partial charge is 0.447 e. The summed E-state index contributed by atoms with van der Waals surface area (Å²) in [5, 5.41) is 0. The van der Waals surface area contributed by atoms with Gasteiger partial charge >= 0.3 is 12.2 Å². The van der Waals surface area contributed by atoms with Crippen molar-refractivity contribution in [3.05, 3.63) is 0 Å². The zero-order valence-electron chi connectivity index (χ0n) is 10.2. The van der Waals surface area contributed by atoms with Gasteiger partial charge in [0.15, 0.2) is 0 Å². The van der Waals surface area contributed by atoms with E-state index in [1.165, 1.54) is 6.92 Å². The molecule has 0 bridgehead atoms. The number of Topliss-reactive ketones (excluding diaryl/α,β-unsaturated/α-hetero) is 1. The number of carbonyl (C=O) groups excluding carboxylic acids is 3. The van der Waals surface area contributed by atoms with Crippen LogP contribution in [0, 0.1) is 0 Å². The van der Waals surface area contributed by atoms with Crippen molar-refractivity contribution in [2.24, 2.45) is 11.5 Å². The van der Waals surface area contributed by atoms with Gasteiger partial charge in [-0.1, -0.05) is 0 Å². The molecule has 0 aliphatic heterocycles. The summed E-state index contributed by atoms with van der Waals surface area (Å²) >= 11 is 0. The van der Waals surface area contributed by atoms with E-state index in [0.717, 1.165) is 0 Å². The Bertz CT molecular complexity index is 276. The van der Waals surface area contributed by atoms with E-state index < -0.39 is 18.3 Å². The normalized spacial score (nSPS) is 10.1. The molecular formula is C10H18N2O6. The van der Waals surface area contributed by atoms with Gasteiger partial charge in [0.2, 0.25) is 0 Å². The molecule has 18 heavy (non-hydrogen) atoms. The molecule has 0 spiro atoms. The molecule has 4 N–H and O–H groups in total. The van der Waals surface area contributed by atoms with Gasteiger partial charge in [0.05, 0.1) is 0 Å². The lowest BCUT2D eigenvalue weighted by molar-refractivity contribution is -0.117. The summed E-state index contributed by atoms with van der Waals surface area (Å²) in [5.74, 6) is 0.0527. The Hall–Kier alpha value is -1.83. The van der Waals surface area contributed by atoms with Crippen LogP contribution in [0.3, 0.4) is 0 Å². The van der Waals surface area contributed by atoms with Crippen LogP contribution in [-0.2, 0) is 19.0 Å². The molecule has 0 atom stereocenters. The highest BCUT2D eigenvalue weighted by atomic mass is 16.6. The second kappa shape index (κ2) is 9.23. The van der Waals surface area contributed by atoms with Gasteiger partial charge in [0.1, 0.15) is 25.1 Å². The predicted octanol–water partition coefficient (Wildman–Crippen LogP) is -0.0686. The van der Waals surface area contributed by atoms with Gasteiger partial charge in [-0.05, 0) is 13.3 Å². The highest BCUT2D eigenvalue weighted by molar-refractivity contribution is 5.75. The SMILES string of the molecule is CC(=O)CCCOC(COC(N)=O)COC(N)=O. The van der Waals surface area contributed by atoms with Crippen LogP contribution in [-0.4, -0.2) is 43.9 Å². The molecule has 0 unspecified atom stereocenters. The molecule has 8 heteroatoms. The number of ether oxygens (including phenoxy) is 3. The molecule has 8 nitrogen and oxygen atoms in total. The van der Waals surface area contributed by atoms with Crippen molar-refractivity contribution in [3.8, 4) is 0 Å². The smallest absolute Gasteiger partial charge is 0.404 e. The van der Waals surface area contributed by atoms with E-state index in [-0.39, 0.29) is 25.6 Å². The van der Waals surface area contributed by atoms with Gasteiger partial charge in [-0.25, -0.2) is 9.59 Å². The lowest BCUT2D eigenvalue weighted by Gasteiger charge is -2.16. The van der Waals surface area contributed by atoms with E-state index in [2.05, 4.69) is 9.47 Å². The third kappa shape index (κ3) is 10.7. The van der Waals surface area contributed by atoms with Crippen molar-refractivity contribution in [2.45, 2.75) is 25.9 Å². The van der Waals surface area contributed by atoms with E-state index in [4.69, 9.17) is 16.2 Å². The van der Waals surface area contributed by atoms with E-state index in [1.54, 1.807) is 0 Å². The summed E-state index contributed by atoms with van der Waals surface area (Å²) in [5.41, 5.74) is 9.59. The summed E-state index contributed by atoms with van der Waals surface area (Å²) in [6, 6.07) is 0. The fourth-order valence-corrected chi connectivity index (χ4v) is 1.07. The van der Waals surface area contributed by atoms with Crippen LogP contribution < -0.4 is 11.5 Å². The summed E-state index contributed by atoms with van der Waals surface area (Å²) in [6.45, 7) is 1.45. The Morgan fingerprint density at radius 3 is 1.94 bits per heavy atom. The number of hydrogen-bond acceptors (Lipinski definition) is 6. The standard InChI is InChI=1S/C10H18N2O6/c1-7(13)3-2-4-16-8(5-17-9(11)14)6-18-10(12)15/h8H,2-6H2,1H3,(H2,11,14)(H2,12,15). The molecule has 0 aliphatic rings. The highest BCUT2D eigenvalue weighted by Gasteiger charge is 2.13. The first-order valence-corrected chi connectivity index (χ1v) is 5.37. The van der Waals surface area contributed by atoms with Crippen LogP contribution in [0.2, 0.25) is 0 Å². The molecule has 0 heterocycles. The minimum Gasteiger partial charge on any atom is -0.447 e. The first-order chi connectivity index (χ1) is 8.41. The maximum Gasteiger partial charge on any atom is 0.404 e. The van der Waals surface area contributed by atoms with Crippen molar-refractivity contribution in [2.75, 3.05) is 19.8 Å². The summed E-state index contributed by atoms with van der Waals surface area (Å²) in [7, 11) is 0. The van der Waals surface area contributed by atoms with Crippen molar-refractivity contribution in [1.82, 2.24) is 0 Å². The monoisotopic (exact) mass is 262 g/mol. The van der Waals surface area contributed by atoms with E-state index >= 15 is 0 Å². The minimum atomic E-state index is -0.952. The van der Waals surface area contributed by atoms with Gasteiger partial charge in [0.25, 0.3) is 0 Å². The zero-order chi connectivity index (χ0) is 14.0. The Morgan fingerprint density at radius 1 is 1.06 bits per heavy atom. The summed E-state index contributed by atoms with van der Waals surface area (Å²) in [4.78, 5) is 31.5. The lowest BCUT2D eigenvalue weighted by Crippen LogP contribution is -2.31. The molecule has 0 aromatic rings. The number of primary amides is 2. The number of nitrogens with two attached hydrogens (primary N) is 2. The second-order valence-corrected chi connectivity index (χ2v) is 3.56. The maximum atomic E-state index is 10.7. The Kier molecular flexibility index (Phi) is 8.29. The summed E-state index contributed by atoms with van der Waals surface area (Å²) in [6.07, 6.45) is -1.64. The van der Waals surface area contributed by atoms with Crippen molar-refractivity contribution in [1.29, 1.82) is 0 Å². The fraction of sp³-hybridized carbons (Fsp3) is 0.700. The van der Waals surface area contributed by atoms with Crippen molar-refractivity contribution in [3.63, 3.8) is 0 Å². The quantitative estimate of drug-likeness (QED) is 0.559. The molecule has 0 aliphatic carbocycles. The van der Waals surface area contributed by atoms with Gasteiger partial charge < -0.3 is 30.5 Å². The minimum absolute atomic E-state index is 0.0527. The van der Waals surface area contributed by atoms with Gasteiger partial charge in [0, 0.05) is 13.0 Å². The molecule has 104 valence electrons. The maximum absolute atomic E-state index is 10.7. The number of rotatable bonds is 9. The number of ketones is 1. The molecule has 2 amide bonds. The van der Waals surface area contributed by atoms with Crippen LogP contribution in [0.5, 0.6) is 0 Å². The topological polar surface area (TPSA) is 131 Å². The number of hydrogen-bond donors (Lipinski definition) is 2. The Labute approximate surface area is 105 Å². The molecule has 0 radical (unpaired) electrons. The lowest BCUT2D eigenvalue weighted by atomic mass is 10.2. The molecule has 0 saturated carbocycles. The van der Waals surface area contributed by atoms with Gasteiger partial charge in [-0.3, -0.25) is 0 Å².